The van der Waals surface area contributed by atoms with Gasteiger partial charge >= 0.3 is 0 Å². The minimum Gasteiger partial charge on any atom is -0.491 e. The molecule has 0 saturated carbocycles. The van der Waals surface area contributed by atoms with Crippen molar-refractivity contribution < 1.29 is 14.2 Å². The first-order valence-electron chi connectivity index (χ1n) is 11.6. The molecule has 8 nitrogen and oxygen atoms in total. The van der Waals surface area contributed by atoms with E-state index >= 15 is 0 Å². The van der Waals surface area contributed by atoms with Crippen LogP contribution in [-0.4, -0.2) is 60.9 Å². The van der Waals surface area contributed by atoms with Gasteiger partial charge in [-0.25, -0.2) is 0 Å². The molecule has 1 aliphatic heterocycles. The molecule has 3 rings (SSSR count). The predicted octanol–water partition coefficient (Wildman–Crippen LogP) is 4.01. The van der Waals surface area contributed by atoms with E-state index in [9.17, 15) is 0 Å². The van der Waals surface area contributed by atoms with E-state index in [1.54, 1.807) is 0 Å². The summed E-state index contributed by atoms with van der Waals surface area (Å²) in [6, 6.07) is 7.94. The SMILES string of the molecule is CC(C)Oc1ccc(NC(=NCCCOCC2CCCO2)NCCc2cnn(C)c2)cc1.I. The summed E-state index contributed by atoms with van der Waals surface area (Å²) < 4.78 is 18.9. The van der Waals surface area contributed by atoms with Crippen LogP contribution in [0, 0.1) is 0 Å². The normalized spacial score (nSPS) is 16.0. The van der Waals surface area contributed by atoms with Crippen LogP contribution in [0.3, 0.4) is 0 Å². The second-order valence-corrected chi connectivity index (χ2v) is 8.31. The second kappa shape index (κ2) is 15.1. The van der Waals surface area contributed by atoms with Gasteiger partial charge in [0, 0.05) is 45.2 Å². The molecule has 1 fully saturated rings. The molecular weight excluding hydrogens is 533 g/mol. The zero-order chi connectivity index (χ0) is 22.6. The van der Waals surface area contributed by atoms with Gasteiger partial charge in [0.1, 0.15) is 5.75 Å². The lowest BCUT2D eigenvalue weighted by Gasteiger charge is -2.14. The highest BCUT2D eigenvalue weighted by Gasteiger charge is 2.14. The van der Waals surface area contributed by atoms with E-state index in [1.165, 1.54) is 5.56 Å². The first kappa shape index (κ1) is 27.4. The smallest absolute Gasteiger partial charge is 0.195 e. The van der Waals surface area contributed by atoms with Crippen LogP contribution in [0.25, 0.3) is 0 Å². The predicted molar refractivity (Wildman–Crippen MR) is 143 cm³/mol. The molecule has 0 bridgehead atoms. The van der Waals surface area contributed by atoms with Gasteiger partial charge in [-0.2, -0.15) is 5.10 Å². The second-order valence-electron chi connectivity index (χ2n) is 8.31. The Morgan fingerprint density at radius 3 is 2.79 bits per heavy atom. The summed E-state index contributed by atoms with van der Waals surface area (Å²) >= 11 is 0. The Bertz CT molecular complexity index is 820. The van der Waals surface area contributed by atoms with Crippen LogP contribution in [0.5, 0.6) is 5.75 Å². The van der Waals surface area contributed by atoms with Crippen LogP contribution >= 0.6 is 24.0 Å². The van der Waals surface area contributed by atoms with Gasteiger partial charge in [0.2, 0.25) is 0 Å². The molecule has 2 aromatic rings. The molecule has 1 atom stereocenters. The van der Waals surface area contributed by atoms with E-state index in [1.807, 2.05) is 62.2 Å². The number of aryl methyl sites for hydroxylation is 1. The van der Waals surface area contributed by atoms with Gasteiger partial charge in [0.25, 0.3) is 0 Å². The fourth-order valence-electron chi connectivity index (χ4n) is 3.44. The van der Waals surface area contributed by atoms with Crippen molar-refractivity contribution in [3.8, 4) is 5.75 Å². The number of anilines is 1. The number of aliphatic imine (C=N–C) groups is 1. The zero-order valence-corrected chi connectivity index (χ0v) is 22.3. The molecule has 1 aliphatic rings. The average molecular weight is 572 g/mol. The summed E-state index contributed by atoms with van der Waals surface area (Å²) in [5, 5.41) is 11.0. The third kappa shape index (κ3) is 10.7. The largest absolute Gasteiger partial charge is 0.491 e. The first-order valence-corrected chi connectivity index (χ1v) is 11.6. The van der Waals surface area contributed by atoms with Crippen LogP contribution in [0.2, 0.25) is 0 Å². The van der Waals surface area contributed by atoms with E-state index in [0.717, 1.165) is 56.2 Å². The molecule has 33 heavy (non-hydrogen) atoms. The number of hydrogen-bond acceptors (Lipinski definition) is 5. The Morgan fingerprint density at radius 1 is 1.30 bits per heavy atom. The van der Waals surface area contributed by atoms with Crippen molar-refractivity contribution >= 4 is 35.6 Å². The quantitative estimate of drug-likeness (QED) is 0.174. The first-order chi connectivity index (χ1) is 15.6. The maximum Gasteiger partial charge on any atom is 0.195 e. The molecular formula is C24H38IN5O3. The summed E-state index contributed by atoms with van der Waals surface area (Å²) in [5.41, 5.74) is 2.15. The number of benzene rings is 1. The third-order valence-corrected chi connectivity index (χ3v) is 5.00. The molecule has 0 spiro atoms. The standard InChI is InChI=1S/C24H37N5O3.HI/c1-19(2)32-22-9-7-21(8-10-22)28-24(26-13-11-20-16-27-29(3)17-20)25-12-5-14-30-18-23-6-4-15-31-23;/h7-10,16-17,19,23H,4-6,11-15,18H2,1-3H3,(H2,25,26,28);1H. The highest BCUT2D eigenvalue weighted by atomic mass is 127. The van der Waals surface area contributed by atoms with Crippen molar-refractivity contribution in [2.24, 2.45) is 12.0 Å². The van der Waals surface area contributed by atoms with Gasteiger partial charge < -0.3 is 24.8 Å². The number of ether oxygens (including phenoxy) is 3. The van der Waals surface area contributed by atoms with Crippen molar-refractivity contribution in [3.63, 3.8) is 0 Å². The lowest BCUT2D eigenvalue weighted by Crippen LogP contribution is -2.32. The van der Waals surface area contributed by atoms with Crippen LogP contribution in [0.15, 0.2) is 41.7 Å². The Morgan fingerprint density at radius 2 is 2.12 bits per heavy atom. The maximum atomic E-state index is 5.75. The molecule has 9 heteroatoms. The van der Waals surface area contributed by atoms with E-state index < -0.39 is 0 Å². The fraction of sp³-hybridized carbons (Fsp3) is 0.583. The summed E-state index contributed by atoms with van der Waals surface area (Å²) in [7, 11) is 1.93. The number of rotatable bonds is 12. The average Bonchev–Trinajstić information content (AvgIpc) is 3.43. The summed E-state index contributed by atoms with van der Waals surface area (Å²) in [5.74, 6) is 1.61. The van der Waals surface area contributed by atoms with Gasteiger partial charge in [-0.15, -0.1) is 24.0 Å². The van der Waals surface area contributed by atoms with Gasteiger partial charge in [0.05, 0.1) is 25.0 Å². The highest BCUT2D eigenvalue weighted by Crippen LogP contribution is 2.17. The van der Waals surface area contributed by atoms with E-state index in [0.29, 0.717) is 19.8 Å². The number of guanidine groups is 1. The Balaban J connectivity index is 0.00000385. The maximum absolute atomic E-state index is 5.75. The van der Waals surface area contributed by atoms with Crippen molar-refractivity contribution in [3.05, 3.63) is 42.2 Å². The van der Waals surface area contributed by atoms with Crippen LogP contribution in [0.4, 0.5) is 5.69 Å². The Hall–Kier alpha value is -1.85. The summed E-state index contributed by atoms with van der Waals surface area (Å²) in [4.78, 5) is 4.73. The highest BCUT2D eigenvalue weighted by molar-refractivity contribution is 14.0. The molecule has 1 aromatic heterocycles. The van der Waals surface area contributed by atoms with Crippen molar-refractivity contribution in [1.29, 1.82) is 0 Å². The molecule has 1 unspecified atom stereocenters. The van der Waals surface area contributed by atoms with E-state index in [4.69, 9.17) is 19.2 Å². The van der Waals surface area contributed by atoms with Crippen molar-refractivity contribution in [2.45, 2.75) is 51.7 Å². The topological polar surface area (TPSA) is 81.9 Å². The minimum atomic E-state index is 0. The molecule has 2 N–H and O–H groups in total. The van der Waals surface area contributed by atoms with Gasteiger partial charge in [-0.1, -0.05) is 0 Å². The number of aromatic nitrogens is 2. The van der Waals surface area contributed by atoms with Crippen LogP contribution < -0.4 is 15.4 Å². The van der Waals surface area contributed by atoms with E-state index in [-0.39, 0.29) is 36.2 Å². The number of hydrogen-bond donors (Lipinski definition) is 2. The number of nitrogens with one attached hydrogen (secondary N) is 2. The Labute approximate surface area is 214 Å². The number of nitrogens with zero attached hydrogens (tertiary/aromatic N) is 3. The summed E-state index contributed by atoms with van der Waals surface area (Å²) in [6.45, 7) is 7.73. The van der Waals surface area contributed by atoms with Crippen LogP contribution in [-0.2, 0) is 22.9 Å². The fourth-order valence-corrected chi connectivity index (χ4v) is 3.44. The van der Waals surface area contributed by atoms with E-state index in [2.05, 4.69) is 15.7 Å². The third-order valence-electron chi connectivity index (χ3n) is 5.00. The molecule has 2 heterocycles. The molecule has 1 saturated heterocycles. The van der Waals surface area contributed by atoms with Crippen molar-refractivity contribution in [2.75, 3.05) is 38.2 Å². The van der Waals surface area contributed by atoms with Gasteiger partial charge in [-0.3, -0.25) is 9.67 Å². The molecule has 0 amide bonds. The van der Waals surface area contributed by atoms with Gasteiger partial charge in [0.15, 0.2) is 5.96 Å². The molecule has 0 radical (unpaired) electrons. The minimum absolute atomic E-state index is 0. The zero-order valence-electron chi connectivity index (χ0n) is 20.0. The van der Waals surface area contributed by atoms with Crippen LogP contribution in [0.1, 0.15) is 38.7 Å². The lowest BCUT2D eigenvalue weighted by molar-refractivity contribution is 0.0171. The molecule has 184 valence electrons. The lowest BCUT2D eigenvalue weighted by atomic mass is 10.2. The Kier molecular flexibility index (Phi) is 12.6. The number of halogens is 1. The molecule has 0 aliphatic carbocycles. The van der Waals surface area contributed by atoms with Gasteiger partial charge in [-0.05, 0) is 69.4 Å². The monoisotopic (exact) mass is 571 g/mol. The summed E-state index contributed by atoms with van der Waals surface area (Å²) in [6.07, 6.45) is 8.34. The van der Waals surface area contributed by atoms with Crippen molar-refractivity contribution in [1.82, 2.24) is 15.1 Å². The molecule has 1 aromatic carbocycles.